The Kier molecular flexibility index (Phi) is 4.73. The van der Waals surface area contributed by atoms with Crippen LogP contribution in [0.2, 0.25) is 0 Å². The van der Waals surface area contributed by atoms with Gasteiger partial charge in [-0.3, -0.25) is 0 Å². The fourth-order valence-corrected chi connectivity index (χ4v) is 1.28. The molecule has 1 aromatic carbocycles. The molecule has 0 unspecified atom stereocenters. The summed E-state index contributed by atoms with van der Waals surface area (Å²) in [5, 5.41) is 23.1. The second-order valence-electron chi connectivity index (χ2n) is 3.36. The Morgan fingerprint density at radius 3 is 2.56 bits per heavy atom. The van der Waals surface area contributed by atoms with E-state index >= 15 is 0 Å². The molecule has 0 saturated carbocycles. The van der Waals surface area contributed by atoms with Crippen LogP contribution in [0.5, 0.6) is 5.75 Å². The largest absolute Gasteiger partial charge is 0.507 e. The van der Waals surface area contributed by atoms with Crippen molar-refractivity contribution in [3.8, 4) is 5.75 Å². The normalized spacial score (nSPS) is 9.61. The fourth-order valence-electron chi connectivity index (χ4n) is 1.14. The lowest BCUT2D eigenvalue weighted by molar-refractivity contribution is 0.0694. The zero-order valence-corrected chi connectivity index (χ0v) is 10.8. The first-order valence-corrected chi connectivity index (χ1v) is 5.64. The van der Waals surface area contributed by atoms with E-state index in [1.807, 2.05) is 0 Å². The Balaban J connectivity index is 2.69. The number of hydrogen-bond donors (Lipinski definition) is 4. The first-order valence-electron chi connectivity index (χ1n) is 4.84. The molecule has 0 radical (unpaired) electrons. The van der Waals surface area contributed by atoms with E-state index in [4.69, 9.17) is 5.11 Å². The predicted molar refractivity (Wildman–Crippen MR) is 70.2 cm³/mol. The van der Waals surface area contributed by atoms with Crippen LogP contribution >= 0.6 is 15.9 Å². The third-order valence-electron chi connectivity index (χ3n) is 1.93. The molecule has 0 aliphatic rings. The summed E-state index contributed by atoms with van der Waals surface area (Å²) in [4.78, 5) is 22.0. The van der Waals surface area contributed by atoms with Gasteiger partial charge >= 0.3 is 12.0 Å². The van der Waals surface area contributed by atoms with E-state index in [1.54, 1.807) is 0 Å². The molecule has 0 bridgehead atoms. The van der Waals surface area contributed by atoms with Crippen molar-refractivity contribution in [2.45, 2.75) is 0 Å². The first-order chi connectivity index (χ1) is 8.40. The number of benzene rings is 1. The van der Waals surface area contributed by atoms with Gasteiger partial charge in [0.1, 0.15) is 11.3 Å². The number of hydrogen-bond acceptors (Lipinski definition) is 3. The topological polar surface area (TPSA) is 98.7 Å². The SMILES string of the molecule is C=C(Br)CNC(=O)Nc1ccc(C(=O)O)c(O)c1. The number of anilines is 1. The maximum Gasteiger partial charge on any atom is 0.339 e. The van der Waals surface area contributed by atoms with Gasteiger partial charge in [0.25, 0.3) is 0 Å². The monoisotopic (exact) mass is 314 g/mol. The van der Waals surface area contributed by atoms with Gasteiger partial charge in [0, 0.05) is 16.2 Å². The van der Waals surface area contributed by atoms with E-state index < -0.39 is 17.7 Å². The number of carboxylic acid groups (broad SMARTS) is 1. The number of aromatic carboxylic acids is 1. The zero-order valence-electron chi connectivity index (χ0n) is 9.24. The maximum absolute atomic E-state index is 11.4. The van der Waals surface area contributed by atoms with Crippen LogP contribution in [0, 0.1) is 0 Å². The smallest absolute Gasteiger partial charge is 0.339 e. The van der Waals surface area contributed by atoms with Gasteiger partial charge in [0.05, 0.1) is 6.54 Å². The summed E-state index contributed by atoms with van der Waals surface area (Å²) in [5.74, 6) is -1.65. The summed E-state index contributed by atoms with van der Waals surface area (Å²) >= 11 is 3.08. The van der Waals surface area contributed by atoms with Gasteiger partial charge in [-0.25, -0.2) is 9.59 Å². The fraction of sp³-hybridized carbons (Fsp3) is 0.0909. The second-order valence-corrected chi connectivity index (χ2v) is 4.48. The lowest BCUT2D eigenvalue weighted by atomic mass is 10.2. The van der Waals surface area contributed by atoms with Gasteiger partial charge in [-0.2, -0.15) is 0 Å². The Hall–Kier alpha value is -2.02. The van der Waals surface area contributed by atoms with Crippen molar-refractivity contribution in [2.24, 2.45) is 0 Å². The molecular weight excluding hydrogens is 304 g/mol. The molecule has 0 aromatic heterocycles. The summed E-state index contributed by atoms with van der Waals surface area (Å²) in [6.07, 6.45) is 0. The maximum atomic E-state index is 11.4. The highest BCUT2D eigenvalue weighted by molar-refractivity contribution is 9.11. The number of halogens is 1. The van der Waals surface area contributed by atoms with Crippen LogP contribution in [-0.2, 0) is 0 Å². The molecule has 7 heteroatoms. The molecule has 0 aliphatic carbocycles. The average Bonchev–Trinajstić information content (AvgIpc) is 2.26. The van der Waals surface area contributed by atoms with E-state index in [2.05, 4.69) is 33.1 Å². The number of carbonyl (C=O) groups excluding carboxylic acids is 1. The first kappa shape index (κ1) is 14.0. The minimum Gasteiger partial charge on any atom is -0.507 e. The van der Waals surface area contributed by atoms with Gasteiger partial charge in [0.2, 0.25) is 0 Å². The molecule has 18 heavy (non-hydrogen) atoms. The summed E-state index contributed by atoms with van der Waals surface area (Å²) in [7, 11) is 0. The molecule has 4 N–H and O–H groups in total. The van der Waals surface area contributed by atoms with E-state index in [0.717, 1.165) is 6.07 Å². The summed E-state index contributed by atoms with van der Waals surface area (Å²) in [6, 6.07) is 3.26. The minimum atomic E-state index is -1.24. The van der Waals surface area contributed by atoms with Gasteiger partial charge in [-0.05, 0) is 12.1 Å². The number of carbonyl (C=O) groups is 2. The van der Waals surface area contributed by atoms with Crippen molar-refractivity contribution < 1.29 is 19.8 Å². The third kappa shape index (κ3) is 4.10. The molecule has 96 valence electrons. The Bertz CT molecular complexity index is 502. The van der Waals surface area contributed by atoms with E-state index in [0.29, 0.717) is 4.48 Å². The predicted octanol–water partition coefficient (Wildman–Crippen LogP) is 2.12. The number of rotatable bonds is 4. The molecule has 0 aliphatic heterocycles. The Labute approximate surface area is 111 Å². The number of nitrogens with one attached hydrogen (secondary N) is 2. The van der Waals surface area contributed by atoms with Crippen LogP contribution in [0.1, 0.15) is 10.4 Å². The highest BCUT2D eigenvalue weighted by Gasteiger charge is 2.10. The molecule has 0 atom stereocenters. The number of urea groups is 1. The van der Waals surface area contributed by atoms with E-state index in [1.165, 1.54) is 12.1 Å². The lowest BCUT2D eigenvalue weighted by Crippen LogP contribution is -2.29. The minimum absolute atomic E-state index is 0.227. The highest BCUT2D eigenvalue weighted by atomic mass is 79.9. The summed E-state index contributed by atoms with van der Waals surface area (Å²) in [6.45, 7) is 3.80. The second kappa shape index (κ2) is 6.06. The molecule has 0 spiro atoms. The van der Waals surface area contributed by atoms with Gasteiger partial charge < -0.3 is 20.8 Å². The molecule has 0 heterocycles. The van der Waals surface area contributed by atoms with Gasteiger partial charge in [-0.1, -0.05) is 22.5 Å². The van der Waals surface area contributed by atoms with Crippen molar-refractivity contribution in [3.05, 3.63) is 34.8 Å². The summed E-state index contributed by atoms with van der Waals surface area (Å²) in [5.41, 5.74) is 0.0602. The van der Waals surface area contributed by atoms with Crippen molar-refractivity contribution in [1.29, 1.82) is 0 Å². The molecule has 0 fully saturated rings. The molecular formula is C11H11BrN2O4. The van der Waals surface area contributed by atoms with Crippen LogP contribution in [-0.4, -0.2) is 28.8 Å². The molecule has 2 amide bonds. The van der Waals surface area contributed by atoms with Crippen molar-refractivity contribution in [2.75, 3.05) is 11.9 Å². The molecule has 1 rings (SSSR count). The Morgan fingerprint density at radius 2 is 2.06 bits per heavy atom. The zero-order chi connectivity index (χ0) is 13.7. The van der Waals surface area contributed by atoms with Gasteiger partial charge in [-0.15, -0.1) is 0 Å². The van der Waals surface area contributed by atoms with Crippen LogP contribution in [0.3, 0.4) is 0 Å². The molecule has 0 saturated heterocycles. The standard InChI is InChI=1S/C11H11BrN2O4/c1-6(12)5-13-11(18)14-7-2-3-8(10(16)17)9(15)4-7/h2-4,15H,1,5H2,(H,16,17)(H2,13,14,18). The number of aromatic hydroxyl groups is 1. The van der Waals surface area contributed by atoms with Crippen molar-refractivity contribution in [1.82, 2.24) is 5.32 Å². The quantitative estimate of drug-likeness (QED) is 0.684. The highest BCUT2D eigenvalue weighted by Crippen LogP contribution is 2.21. The number of carboxylic acids is 1. The summed E-state index contributed by atoms with van der Waals surface area (Å²) < 4.78 is 0.613. The average molecular weight is 315 g/mol. The molecule has 6 nitrogen and oxygen atoms in total. The van der Waals surface area contributed by atoms with Crippen molar-refractivity contribution >= 4 is 33.6 Å². The van der Waals surface area contributed by atoms with Crippen LogP contribution < -0.4 is 10.6 Å². The van der Waals surface area contributed by atoms with Crippen LogP contribution in [0.4, 0.5) is 10.5 Å². The third-order valence-corrected chi connectivity index (χ3v) is 2.21. The van der Waals surface area contributed by atoms with Crippen molar-refractivity contribution in [3.63, 3.8) is 0 Å². The van der Waals surface area contributed by atoms with Crippen LogP contribution in [0.25, 0.3) is 0 Å². The van der Waals surface area contributed by atoms with E-state index in [9.17, 15) is 14.7 Å². The molecule has 1 aromatic rings. The lowest BCUT2D eigenvalue weighted by Gasteiger charge is -2.08. The van der Waals surface area contributed by atoms with Gasteiger partial charge in [0.15, 0.2) is 0 Å². The number of amides is 2. The Morgan fingerprint density at radius 1 is 1.39 bits per heavy atom. The van der Waals surface area contributed by atoms with Crippen LogP contribution in [0.15, 0.2) is 29.3 Å². The number of phenols is 1. The van der Waals surface area contributed by atoms with E-state index in [-0.39, 0.29) is 17.8 Å².